The summed E-state index contributed by atoms with van der Waals surface area (Å²) in [6.45, 7) is 6.82. The monoisotopic (exact) mass is 457 g/mol. The molecule has 32 heavy (non-hydrogen) atoms. The van der Waals surface area contributed by atoms with Gasteiger partial charge in [-0.05, 0) is 44.2 Å². The van der Waals surface area contributed by atoms with Gasteiger partial charge >= 0.3 is 5.97 Å². The van der Waals surface area contributed by atoms with Crippen LogP contribution in [0.3, 0.4) is 0 Å². The number of imidazole rings is 1. The molecule has 3 aromatic rings. The van der Waals surface area contributed by atoms with Gasteiger partial charge in [0.15, 0.2) is 24.2 Å². The average molecular weight is 458 g/mol. The fourth-order valence-electron chi connectivity index (χ4n) is 3.89. The Hall–Kier alpha value is -3.39. The predicted octanol–water partition coefficient (Wildman–Crippen LogP) is -0.348. The number of ether oxygens (including phenoxy) is 2. The molecule has 0 unspecified atom stereocenters. The van der Waals surface area contributed by atoms with Gasteiger partial charge in [0, 0.05) is 18.6 Å². The standard InChI is InChI=1S/C23H23N3O5.ClH/c1-4-25-14(3)26(19-11-16(6-8-18(19)25)23(29)30-5-2)12-20(27)15-7-9-21-17(10-15)24-22(28)13-31-21;/h6-11H,4-5,12-13H2,1-3H3;1H. The third-order valence-corrected chi connectivity index (χ3v) is 5.40. The number of halogens is 1. The van der Waals surface area contributed by atoms with Crippen molar-refractivity contribution in [3.05, 3.63) is 53.3 Å². The Morgan fingerprint density at radius 1 is 1.16 bits per heavy atom. The zero-order valence-corrected chi connectivity index (χ0v) is 18.9. The van der Waals surface area contributed by atoms with Crippen molar-refractivity contribution < 1.29 is 40.8 Å². The Kier molecular flexibility index (Phi) is 6.84. The lowest BCUT2D eigenvalue weighted by molar-refractivity contribution is -0.674. The fraction of sp³-hybridized carbons (Fsp3) is 0.304. The molecule has 0 saturated carbocycles. The Labute approximate surface area is 191 Å². The highest BCUT2D eigenvalue weighted by Gasteiger charge is 2.25. The van der Waals surface area contributed by atoms with E-state index in [0.29, 0.717) is 29.2 Å². The molecule has 2 heterocycles. The molecular formula is C23H24ClN3O5. The van der Waals surface area contributed by atoms with Gasteiger partial charge in [-0.25, -0.2) is 13.9 Å². The number of esters is 1. The second-order valence-electron chi connectivity index (χ2n) is 7.27. The molecule has 0 atom stereocenters. The average Bonchev–Trinajstić information content (AvgIpc) is 3.03. The highest BCUT2D eigenvalue weighted by molar-refractivity contribution is 6.01. The molecule has 1 aromatic heterocycles. The number of aromatic nitrogens is 2. The molecule has 0 fully saturated rings. The maximum Gasteiger partial charge on any atom is 0.338 e. The van der Waals surface area contributed by atoms with Gasteiger partial charge in [-0.15, -0.1) is 0 Å². The number of nitrogens with zero attached hydrogens (tertiary/aromatic N) is 2. The summed E-state index contributed by atoms with van der Waals surface area (Å²) in [4.78, 5) is 36.9. The lowest BCUT2D eigenvalue weighted by Gasteiger charge is -2.18. The van der Waals surface area contributed by atoms with Crippen LogP contribution in [0.15, 0.2) is 36.4 Å². The second-order valence-corrected chi connectivity index (χ2v) is 7.27. The molecule has 1 N–H and O–H groups in total. The van der Waals surface area contributed by atoms with E-state index in [1.807, 2.05) is 24.5 Å². The molecule has 1 aliphatic rings. The van der Waals surface area contributed by atoms with Gasteiger partial charge in [-0.3, -0.25) is 9.59 Å². The summed E-state index contributed by atoms with van der Waals surface area (Å²) in [5.41, 5.74) is 3.12. The quantitative estimate of drug-likeness (QED) is 0.310. The topological polar surface area (TPSA) is 90.5 Å². The van der Waals surface area contributed by atoms with E-state index in [1.54, 1.807) is 37.3 Å². The van der Waals surface area contributed by atoms with Crippen LogP contribution >= 0.6 is 0 Å². The van der Waals surface area contributed by atoms with Crippen LogP contribution in [0.25, 0.3) is 11.0 Å². The highest BCUT2D eigenvalue weighted by Crippen LogP contribution is 2.29. The van der Waals surface area contributed by atoms with Crippen molar-refractivity contribution in [2.45, 2.75) is 33.9 Å². The lowest BCUT2D eigenvalue weighted by Crippen LogP contribution is -3.00. The SMILES string of the molecule is CCOC(=O)c1ccc2c(c1)n(CC(=O)c1ccc3c(c1)NC(=O)CO3)c(C)[n+]2CC.[Cl-]. The van der Waals surface area contributed by atoms with E-state index in [2.05, 4.69) is 9.88 Å². The van der Waals surface area contributed by atoms with E-state index in [1.165, 1.54) is 0 Å². The van der Waals surface area contributed by atoms with Gasteiger partial charge in [0.05, 0.1) is 24.4 Å². The van der Waals surface area contributed by atoms with Crippen molar-refractivity contribution in [1.82, 2.24) is 4.57 Å². The Balaban J connectivity index is 0.00000289. The summed E-state index contributed by atoms with van der Waals surface area (Å²) >= 11 is 0. The van der Waals surface area contributed by atoms with Gasteiger partial charge < -0.3 is 27.2 Å². The number of carbonyl (C=O) groups excluding carboxylic acids is 3. The number of fused-ring (bicyclic) bond motifs is 2. The minimum atomic E-state index is -0.394. The highest BCUT2D eigenvalue weighted by atomic mass is 35.5. The third-order valence-electron chi connectivity index (χ3n) is 5.40. The zero-order valence-electron chi connectivity index (χ0n) is 18.1. The van der Waals surface area contributed by atoms with Gasteiger partial charge in [0.1, 0.15) is 5.75 Å². The maximum atomic E-state index is 13.1. The molecule has 168 valence electrons. The smallest absolute Gasteiger partial charge is 0.338 e. The number of ketones is 1. The normalized spacial score (nSPS) is 12.4. The first kappa shape index (κ1) is 23.3. The third kappa shape index (κ3) is 4.18. The number of amides is 1. The van der Waals surface area contributed by atoms with Gasteiger partial charge in [-0.2, -0.15) is 0 Å². The first-order valence-corrected chi connectivity index (χ1v) is 10.2. The number of nitrogens with one attached hydrogen (secondary N) is 1. The van der Waals surface area contributed by atoms with E-state index in [9.17, 15) is 14.4 Å². The van der Waals surface area contributed by atoms with Crippen molar-refractivity contribution in [3.8, 4) is 5.75 Å². The number of hydrogen-bond acceptors (Lipinski definition) is 5. The van der Waals surface area contributed by atoms with Crippen LogP contribution in [-0.4, -0.2) is 35.4 Å². The molecule has 2 aromatic carbocycles. The first-order valence-electron chi connectivity index (χ1n) is 10.2. The van der Waals surface area contributed by atoms with Crippen LogP contribution in [0.5, 0.6) is 5.75 Å². The van der Waals surface area contributed by atoms with Gasteiger partial charge in [0.25, 0.3) is 11.7 Å². The molecule has 0 radical (unpaired) electrons. The Bertz CT molecular complexity index is 1220. The van der Waals surface area contributed by atoms with E-state index < -0.39 is 5.97 Å². The van der Waals surface area contributed by atoms with Crippen molar-refractivity contribution in [2.24, 2.45) is 0 Å². The molecule has 0 bridgehead atoms. The number of benzene rings is 2. The number of aryl methyl sites for hydroxylation is 1. The fourth-order valence-corrected chi connectivity index (χ4v) is 3.89. The molecule has 4 rings (SSSR count). The first-order chi connectivity index (χ1) is 14.9. The minimum Gasteiger partial charge on any atom is -1.00 e. The summed E-state index contributed by atoms with van der Waals surface area (Å²) in [5.74, 6) is 0.685. The molecule has 0 saturated heterocycles. The molecule has 1 aliphatic heterocycles. The van der Waals surface area contributed by atoms with Gasteiger partial charge in [-0.1, -0.05) is 0 Å². The van der Waals surface area contributed by atoms with Crippen molar-refractivity contribution in [2.75, 3.05) is 18.5 Å². The van der Waals surface area contributed by atoms with Crippen molar-refractivity contribution >= 4 is 34.4 Å². The molecule has 0 spiro atoms. The molecular weight excluding hydrogens is 434 g/mol. The number of rotatable bonds is 6. The molecule has 1 amide bonds. The van der Waals surface area contributed by atoms with Crippen molar-refractivity contribution in [1.29, 1.82) is 0 Å². The van der Waals surface area contributed by atoms with Crippen molar-refractivity contribution in [3.63, 3.8) is 0 Å². The minimum absolute atomic E-state index is 0. The zero-order chi connectivity index (χ0) is 22.1. The Morgan fingerprint density at radius 3 is 2.62 bits per heavy atom. The van der Waals surface area contributed by atoms with E-state index >= 15 is 0 Å². The van der Waals surface area contributed by atoms with Crippen LogP contribution in [-0.2, 0) is 22.6 Å². The summed E-state index contributed by atoms with van der Waals surface area (Å²) in [7, 11) is 0. The van der Waals surface area contributed by atoms with Crippen LogP contribution < -0.4 is 27.0 Å². The second kappa shape index (κ2) is 9.40. The number of anilines is 1. The molecule has 9 heteroatoms. The van der Waals surface area contributed by atoms with E-state index in [0.717, 1.165) is 23.4 Å². The van der Waals surface area contributed by atoms with Crippen LogP contribution in [0.4, 0.5) is 5.69 Å². The maximum absolute atomic E-state index is 13.1. The van der Waals surface area contributed by atoms with Crippen LogP contribution in [0, 0.1) is 6.92 Å². The molecule has 0 aliphatic carbocycles. The lowest BCUT2D eigenvalue weighted by atomic mass is 10.1. The van der Waals surface area contributed by atoms with Crippen LogP contribution in [0.1, 0.15) is 40.4 Å². The van der Waals surface area contributed by atoms with Crippen LogP contribution in [0.2, 0.25) is 0 Å². The summed E-state index contributed by atoms with van der Waals surface area (Å²) in [6, 6.07) is 10.4. The summed E-state index contributed by atoms with van der Waals surface area (Å²) in [6.07, 6.45) is 0. The van der Waals surface area contributed by atoms with E-state index in [-0.39, 0.29) is 37.2 Å². The number of carbonyl (C=O) groups is 3. The number of Topliss-reactive ketones (excluding diaryl/α,β-unsaturated/α-hetero) is 1. The predicted molar refractivity (Wildman–Crippen MR) is 113 cm³/mol. The largest absolute Gasteiger partial charge is 1.00 e. The number of hydrogen-bond donors (Lipinski definition) is 1. The van der Waals surface area contributed by atoms with Gasteiger partial charge in [0.2, 0.25) is 5.78 Å². The summed E-state index contributed by atoms with van der Waals surface area (Å²) < 4.78 is 14.5. The summed E-state index contributed by atoms with van der Waals surface area (Å²) in [5, 5.41) is 2.73. The molecule has 8 nitrogen and oxygen atoms in total. The van der Waals surface area contributed by atoms with E-state index in [4.69, 9.17) is 9.47 Å². The Morgan fingerprint density at radius 2 is 1.91 bits per heavy atom.